The summed E-state index contributed by atoms with van der Waals surface area (Å²) in [6.07, 6.45) is 7.17. The summed E-state index contributed by atoms with van der Waals surface area (Å²) in [6.45, 7) is 2.95. The zero-order valence-electron chi connectivity index (χ0n) is 14.3. The predicted molar refractivity (Wildman–Crippen MR) is 103 cm³/mol. The first kappa shape index (κ1) is 16.8. The molecular formula is C20H18ClFN4. The van der Waals surface area contributed by atoms with Gasteiger partial charge in [0.15, 0.2) is 0 Å². The molecule has 2 N–H and O–H groups in total. The number of benzene rings is 1. The summed E-state index contributed by atoms with van der Waals surface area (Å²) in [7, 11) is 0. The number of fused-ring (bicyclic) bond motifs is 1. The Morgan fingerprint density at radius 1 is 1.19 bits per heavy atom. The molecule has 0 saturated carbocycles. The number of aromatic nitrogens is 2. The van der Waals surface area contributed by atoms with Gasteiger partial charge in [0.1, 0.15) is 11.6 Å². The molecule has 0 atom stereocenters. The molecule has 132 valence electrons. The lowest BCUT2D eigenvalue weighted by molar-refractivity contribution is 0.632. The smallest absolute Gasteiger partial charge is 0.148 e. The Balaban J connectivity index is 1.63. The number of hydrogen-bond donors (Lipinski definition) is 2. The second-order valence-electron chi connectivity index (χ2n) is 6.37. The van der Waals surface area contributed by atoms with Crippen molar-refractivity contribution in [2.24, 2.45) is 0 Å². The predicted octanol–water partition coefficient (Wildman–Crippen LogP) is 4.88. The average molecular weight is 369 g/mol. The van der Waals surface area contributed by atoms with Crippen LogP contribution in [0.5, 0.6) is 0 Å². The first-order valence-corrected chi connectivity index (χ1v) is 8.86. The van der Waals surface area contributed by atoms with E-state index in [1.807, 2.05) is 19.3 Å². The fourth-order valence-corrected chi connectivity index (χ4v) is 3.41. The fraction of sp³-hybridized carbons (Fsp3) is 0.200. The van der Waals surface area contributed by atoms with Crippen molar-refractivity contribution in [1.82, 2.24) is 9.97 Å². The maximum absolute atomic E-state index is 14.1. The van der Waals surface area contributed by atoms with E-state index in [0.29, 0.717) is 10.7 Å². The van der Waals surface area contributed by atoms with Gasteiger partial charge < -0.3 is 10.6 Å². The molecule has 4 rings (SSSR count). The SMILES string of the molecule is Cc1c(Cc2ccnc3c2CCN3)cncc1Nc1ccc(Cl)cc1F. The van der Waals surface area contributed by atoms with E-state index in [2.05, 4.69) is 26.7 Å². The van der Waals surface area contributed by atoms with E-state index in [1.54, 1.807) is 18.3 Å². The van der Waals surface area contributed by atoms with Gasteiger partial charge in [-0.2, -0.15) is 0 Å². The molecule has 0 radical (unpaired) electrons. The third-order valence-corrected chi connectivity index (χ3v) is 4.96. The summed E-state index contributed by atoms with van der Waals surface area (Å²) in [5, 5.41) is 6.80. The second kappa shape index (κ2) is 6.92. The van der Waals surface area contributed by atoms with Gasteiger partial charge in [-0.05, 0) is 66.3 Å². The molecule has 1 aromatic carbocycles. The zero-order valence-corrected chi connectivity index (χ0v) is 15.1. The van der Waals surface area contributed by atoms with Crippen molar-refractivity contribution in [2.45, 2.75) is 19.8 Å². The maximum Gasteiger partial charge on any atom is 0.148 e. The minimum atomic E-state index is -0.389. The molecule has 0 aliphatic carbocycles. The van der Waals surface area contributed by atoms with E-state index in [4.69, 9.17) is 11.6 Å². The largest absolute Gasteiger partial charge is 0.370 e. The molecule has 0 fully saturated rings. The van der Waals surface area contributed by atoms with Gasteiger partial charge in [0.05, 0.1) is 17.6 Å². The number of nitrogens with one attached hydrogen (secondary N) is 2. The molecule has 1 aliphatic heterocycles. The Hall–Kier alpha value is -2.66. The number of rotatable bonds is 4. The molecule has 0 amide bonds. The van der Waals surface area contributed by atoms with Crippen molar-refractivity contribution in [3.63, 3.8) is 0 Å². The summed E-state index contributed by atoms with van der Waals surface area (Å²) in [6, 6.07) is 6.64. The van der Waals surface area contributed by atoms with Gasteiger partial charge in [-0.3, -0.25) is 4.98 Å². The van der Waals surface area contributed by atoms with Gasteiger partial charge in [-0.25, -0.2) is 9.37 Å². The third kappa shape index (κ3) is 3.22. The van der Waals surface area contributed by atoms with Crippen molar-refractivity contribution in [2.75, 3.05) is 17.2 Å². The highest BCUT2D eigenvalue weighted by molar-refractivity contribution is 6.30. The molecule has 0 bridgehead atoms. The summed E-state index contributed by atoms with van der Waals surface area (Å²) in [5.74, 6) is 0.589. The Kier molecular flexibility index (Phi) is 4.47. The molecular weight excluding hydrogens is 351 g/mol. The van der Waals surface area contributed by atoms with E-state index in [-0.39, 0.29) is 5.82 Å². The van der Waals surface area contributed by atoms with Crippen LogP contribution >= 0.6 is 11.6 Å². The normalized spacial score (nSPS) is 12.6. The van der Waals surface area contributed by atoms with Crippen LogP contribution in [0.1, 0.15) is 22.3 Å². The Morgan fingerprint density at radius 3 is 2.92 bits per heavy atom. The van der Waals surface area contributed by atoms with Crippen LogP contribution in [-0.4, -0.2) is 16.5 Å². The lowest BCUT2D eigenvalue weighted by atomic mass is 9.98. The molecule has 3 heterocycles. The minimum absolute atomic E-state index is 0.372. The van der Waals surface area contributed by atoms with Crippen LogP contribution < -0.4 is 10.6 Å². The number of halogens is 2. The van der Waals surface area contributed by atoms with Crippen LogP contribution in [0.15, 0.2) is 42.9 Å². The van der Waals surface area contributed by atoms with E-state index in [1.165, 1.54) is 17.2 Å². The fourth-order valence-electron chi connectivity index (χ4n) is 3.25. The molecule has 1 aliphatic rings. The van der Waals surface area contributed by atoms with Gasteiger partial charge in [-0.1, -0.05) is 11.6 Å². The number of anilines is 3. The van der Waals surface area contributed by atoms with Crippen molar-refractivity contribution < 1.29 is 4.39 Å². The average Bonchev–Trinajstić information content (AvgIpc) is 3.10. The molecule has 0 unspecified atom stereocenters. The van der Waals surface area contributed by atoms with Crippen molar-refractivity contribution in [3.05, 3.63) is 75.9 Å². The number of hydrogen-bond acceptors (Lipinski definition) is 4. The van der Waals surface area contributed by atoms with E-state index in [0.717, 1.165) is 42.0 Å². The first-order valence-electron chi connectivity index (χ1n) is 8.48. The molecule has 3 aromatic rings. The Labute approximate surface area is 156 Å². The first-order chi connectivity index (χ1) is 12.6. The highest BCUT2D eigenvalue weighted by Crippen LogP contribution is 2.29. The molecule has 26 heavy (non-hydrogen) atoms. The molecule has 0 saturated heterocycles. The summed E-state index contributed by atoms with van der Waals surface area (Å²) in [4.78, 5) is 8.72. The summed E-state index contributed by atoms with van der Waals surface area (Å²) < 4.78 is 14.1. The van der Waals surface area contributed by atoms with Crippen LogP contribution in [-0.2, 0) is 12.8 Å². The lowest BCUT2D eigenvalue weighted by Crippen LogP contribution is -2.02. The second-order valence-corrected chi connectivity index (χ2v) is 6.81. The van der Waals surface area contributed by atoms with Gasteiger partial charge >= 0.3 is 0 Å². The van der Waals surface area contributed by atoms with Crippen molar-refractivity contribution >= 4 is 28.8 Å². The quantitative estimate of drug-likeness (QED) is 0.689. The standard InChI is InChI=1S/C20H18ClFN4/c1-12-14(8-13-4-6-24-20-16(13)5-7-25-20)10-23-11-19(12)26-18-3-2-15(21)9-17(18)22/h2-4,6,9-11,26H,5,7-8H2,1H3,(H,24,25). The summed E-state index contributed by atoms with van der Waals surface area (Å²) >= 11 is 5.82. The summed E-state index contributed by atoms with van der Waals surface area (Å²) in [5.41, 5.74) is 5.84. The molecule has 6 heteroatoms. The molecule has 0 spiro atoms. The zero-order chi connectivity index (χ0) is 18.1. The minimum Gasteiger partial charge on any atom is -0.370 e. The van der Waals surface area contributed by atoms with Gasteiger partial charge in [0.2, 0.25) is 0 Å². The maximum atomic E-state index is 14.1. The van der Waals surface area contributed by atoms with Crippen molar-refractivity contribution in [1.29, 1.82) is 0 Å². The van der Waals surface area contributed by atoms with E-state index < -0.39 is 0 Å². The van der Waals surface area contributed by atoms with Gasteiger partial charge in [-0.15, -0.1) is 0 Å². The highest BCUT2D eigenvalue weighted by Gasteiger charge is 2.16. The van der Waals surface area contributed by atoms with Crippen LogP contribution in [0, 0.1) is 12.7 Å². The van der Waals surface area contributed by atoms with Crippen LogP contribution in [0.2, 0.25) is 5.02 Å². The lowest BCUT2D eigenvalue weighted by Gasteiger charge is -2.14. The topological polar surface area (TPSA) is 49.8 Å². The third-order valence-electron chi connectivity index (χ3n) is 4.72. The van der Waals surface area contributed by atoms with Gasteiger partial charge in [0, 0.05) is 24.0 Å². The highest BCUT2D eigenvalue weighted by atomic mass is 35.5. The van der Waals surface area contributed by atoms with Crippen LogP contribution in [0.4, 0.5) is 21.6 Å². The van der Waals surface area contributed by atoms with E-state index >= 15 is 0 Å². The number of pyridine rings is 2. The number of nitrogens with zero attached hydrogens (tertiary/aromatic N) is 2. The van der Waals surface area contributed by atoms with Crippen LogP contribution in [0.25, 0.3) is 0 Å². The van der Waals surface area contributed by atoms with E-state index in [9.17, 15) is 4.39 Å². The van der Waals surface area contributed by atoms with Gasteiger partial charge in [0.25, 0.3) is 0 Å². The van der Waals surface area contributed by atoms with Crippen LogP contribution in [0.3, 0.4) is 0 Å². The molecule has 4 nitrogen and oxygen atoms in total. The Bertz CT molecular complexity index is 974. The molecule has 2 aromatic heterocycles. The monoisotopic (exact) mass is 368 g/mol. The Morgan fingerprint density at radius 2 is 2.08 bits per heavy atom. The van der Waals surface area contributed by atoms with Crippen molar-refractivity contribution in [3.8, 4) is 0 Å².